The van der Waals surface area contributed by atoms with Crippen LogP contribution in [-0.4, -0.2) is 14.9 Å². The molecule has 5 nitrogen and oxygen atoms in total. The highest BCUT2D eigenvalue weighted by atomic mass is 79.9. The maximum Gasteiger partial charge on any atom is 0.330 e. The first kappa shape index (κ1) is 13.5. The van der Waals surface area contributed by atoms with Crippen molar-refractivity contribution in [1.82, 2.24) is 9.13 Å². The van der Waals surface area contributed by atoms with Crippen LogP contribution in [0.4, 0.5) is 0 Å². The Kier molecular flexibility index (Phi) is 3.53. The molecule has 1 aromatic heterocycles. The molecule has 0 aliphatic carbocycles. The molecule has 2 aromatic rings. The predicted molar refractivity (Wildman–Crippen MR) is 74.5 cm³/mol. The van der Waals surface area contributed by atoms with E-state index in [0.717, 1.165) is 9.04 Å². The molecule has 0 amide bonds. The molecule has 0 aliphatic heterocycles. The van der Waals surface area contributed by atoms with Crippen LogP contribution in [0, 0.1) is 0 Å². The first-order chi connectivity index (χ1) is 8.91. The van der Waals surface area contributed by atoms with Gasteiger partial charge in [0.25, 0.3) is 5.56 Å². The number of rotatable bonds is 2. The third kappa shape index (κ3) is 2.44. The molecule has 1 heterocycles. The number of hydrogen-bond donors (Lipinski definition) is 0. The van der Waals surface area contributed by atoms with Crippen LogP contribution in [0.15, 0.2) is 44.5 Å². The maximum atomic E-state index is 12.3. The van der Waals surface area contributed by atoms with Crippen LogP contribution in [0.2, 0.25) is 0 Å². The van der Waals surface area contributed by atoms with Crippen molar-refractivity contribution < 1.29 is 4.79 Å². The molecule has 0 N–H and O–H groups in total. The molecule has 0 aliphatic rings. The van der Waals surface area contributed by atoms with Gasteiger partial charge >= 0.3 is 5.69 Å². The molecule has 0 spiro atoms. The standard InChI is InChI=1S/C13H11BrN2O3/c1-15-7-10(12(18)16(2)13(15)19)11(17)8-4-3-5-9(14)6-8/h3-7H,1-2H3. The zero-order valence-corrected chi connectivity index (χ0v) is 12.0. The lowest BCUT2D eigenvalue weighted by Crippen LogP contribution is -2.39. The first-order valence-corrected chi connectivity index (χ1v) is 6.28. The summed E-state index contributed by atoms with van der Waals surface area (Å²) in [5.41, 5.74) is -0.684. The van der Waals surface area contributed by atoms with Gasteiger partial charge in [0.05, 0.1) is 0 Å². The third-order valence-corrected chi connectivity index (χ3v) is 3.27. The van der Waals surface area contributed by atoms with Gasteiger partial charge in [-0.25, -0.2) is 4.79 Å². The smallest absolute Gasteiger partial charge is 0.303 e. The second-order valence-corrected chi connectivity index (χ2v) is 5.06. The van der Waals surface area contributed by atoms with E-state index in [-0.39, 0.29) is 5.56 Å². The molecular weight excluding hydrogens is 312 g/mol. The summed E-state index contributed by atoms with van der Waals surface area (Å²) in [6, 6.07) is 6.75. The van der Waals surface area contributed by atoms with Crippen molar-refractivity contribution in [2.75, 3.05) is 0 Å². The minimum Gasteiger partial charge on any atom is -0.303 e. The number of hydrogen-bond acceptors (Lipinski definition) is 3. The molecule has 19 heavy (non-hydrogen) atoms. The number of aromatic nitrogens is 2. The average molecular weight is 323 g/mol. The van der Waals surface area contributed by atoms with Gasteiger partial charge in [0.15, 0.2) is 5.78 Å². The summed E-state index contributed by atoms with van der Waals surface area (Å²) in [6.07, 6.45) is 1.27. The highest BCUT2D eigenvalue weighted by molar-refractivity contribution is 9.10. The Labute approximate surface area is 117 Å². The second-order valence-electron chi connectivity index (χ2n) is 4.14. The van der Waals surface area contributed by atoms with Crippen LogP contribution >= 0.6 is 15.9 Å². The van der Waals surface area contributed by atoms with Crippen LogP contribution in [0.3, 0.4) is 0 Å². The van der Waals surface area contributed by atoms with E-state index >= 15 is 0 Å². The highest BCUT2D eigenvalue weighted by Crippen LogP contribution is 2.13. The van der Waals surface area contributed by atoms with Gasteiger partial charge < -0.3 is 4.57 Å². The van der Waals surface area contributed by atoms with Crippen molar-refractivity contribution in [2.24, 2.45) is 14.1 Å². The van der Waals surface area contributed by atoms with Crippen molar-refractivity contribution in [2.45, 2.75) is 0 Å². The Hall–Kier alpha value is -1.95. The van der Waals surface area contributed by atoms with Gasteiger partial charge in [0.2, 0.25) is 0 Å². The Bertz CT molecular complexity index is 774. The lowest BCUT2D eigenvalue weighted by molar-refractivity contribution is 0.103. The fourth-order valence-corrected chi connectivity index (χ4v) is 2.15. The first-order valence-electron chi connectivity index (χ1n) is 5.48. The second kappa shape index (κ2) is 4.97. The zero-order valence-electron chi connectivity index (χ0n) is 10.4. The van der Waals surface area contributed by atoms with E-state index in [2.05, 4.69) is 15.9 Å². The quantitative estimate of drug-likeness (QED) is 0.777. The molecule has 0 bridgehead atoms. The van der Waals surface area contributed by atoms with Crippen molar-refractivity contribution in [3.63, 3.8) is 0 Å². The number of ketones is 1. The van der Waals surface area contributed by atoms with Gasteiger partial charge in [-0.1, -0.05) is 28.1 Å². The van der Waals surface area contributed by atoms with Gasteiger partial charge in [-0.05, 0) is 12.1 Å². The molecule has 0 saturated carbocycles. The molecular formula is C13H11BrN2O3. The Morgan fingerprint density at radius 2 is 1.89 bits per heavy atom. The van der Waals surface area contributed by atoms with Crippen LogP contribution < -0.4 is 11.2 Å². The Balaban J connectivity index is 2.64. The van der Waals surface area contributed by atoms with Crippen molar-refractivity contribution in [1.29, 1.82) is 0 Å². The summed E-state index contributed by atoms with van der Waals surface area (Å²) in [5, 5.41) is 0. The summed E-state index contributed by atoms with van der Waals surface area (Å²) in [7, 11) is 2.85. The summed E-state index contributed by atoms with van der Waals surface area (Å²) < 4.78 is 2.89. The zero-order chi connectivity index (χ0) is 14.2. The largest absolute Gasteiger partial charge is 0.330 e. The van der Waals surface area contributed by atoms with Gasteiger partial charge in [-0.2, -0.15) is 0 Å². The minimum absolute atomic E-state index is 0.0253. The summed E-state index contributed by atoms with van der Waals surface area (Å²) in [5.74, 6) is -0.405. The molecule has 0 atom stereocenters. The predicted octanol–water partition coefficient (Wildman–Crippen LogP) is 1.08. The van der Waals surface area contributed by atoms with E-state index < -0.39 is 17.0 Å². The molecule has 6 heteroatoms. The molecule has 0 fully saturated rings. The van der Waals surface area contributed by atoms with E-state index in [1.54, 1.807) is 24.3 Å². The van der Waals surface area contributed by atoms with Gasteiger partial charge in [-0.15, -0.1) is 0 Å². The van der Waals surface area contributed by atoms with Crippen molar-refractivity contribution in [3.8, 4) is 0 Å². The van der Waals surface area contributed by atoms with Crippen molar-refractivity contribution in [3.05, 3.63) is 66.9 Å². The molecule has 1 aromatic carbocycles. The van der Waals surface area contributed by atoms with Gasteiger partial charge in [0, 0.05) is 30.3 Å². The highest BCUT2D eigenvalue weighted by Gasteiger charge is 2.16. The number of nitrogens with zero attached hydrogens (tertiary/aromatic N) is 2. The van der Waals surface area contributed by atoms with Crippen LogP contribution in [0.5, 0.6) is 0 Å². The average Bonchev–Trinajstić information content (AvgIpc) is 2.40. The Morgan fingerprint density at radius 1 is 1.21 bits per heavy atom. The number of aryl methyl sites for hydroxylation is 1. The monoisotopic (exact) mass is 322 g/mol. The normalized spacial score (nSPS) is 10.5. The summed E-state index contributed by atoms with van der Waals surface area (Å²) in [4.78, 5) is 35.8. The third-order valence-electron chi connectivity index (χ3n) is 2.78. The maximum absolute atomic E-state index is 12.3. The summed E-state index contributed by atoms with van der Waals surface area (Å²) in [6.45, 7) is 0. The van der Waals surface area contributed by atoms with Gasteiger partial charge in [-0.3, -0.25) is 14.2 Å². The van der Waals surface area contributed by atoms with E-state index in [0.29, 0.717) is 5.56 Å². The van der Waals surface area contributed by atoms with E-state index in [1.807, 2.05) is 0 Å². The number of halogens is 1. The van der Waals surface area contributed by atoms with Crippen molar-refractivity contribution >= 4 is 21.7 Å². The van der Waals surface area contributed by atoms with Crippen LogP contribution in [0.1, 0.15) is 15.9 Å². The SMILES string of the molecule is Cn1cc(C(=O)c2cccc(Br)c2)c(=O)n(C)c1=O. The fourth-order valence-electron chi connectivity index (χ4n) is 1.75. The number of benzene rings is 1. The van der Waals surface area contributed by atoms with Crippen LogP contribution in [0.25, 0.3) is 0 Å². The lowest BCUT2D eigenvalue weighted by atomic mass is 10.1. The molecule has 98 valence electrons. The molecule has 2 rings (SSSR count). The Morgan fingerprint density at radius 3 is 2.53 bits per heavy atom. The van der Waals surface area contributed by atoms with E-state index in [9.17, 15) is 14.4 Å². The van der Waals surface area contributed by atoms with E-state index in [1.165, 1.54) is 24.9 Å². The minimum atomic E-state index is -0.590. The molecule has 0 radical (unpaired) electrons. The van der Waals surface area contributed by atoms with E-state index in [4.69, 9.17) is 0 Å². The topological polar surface area (TPSA) is 61.1 Å². The van der Waals surface area contributed by atoms with Gasteiger partial charge in [0.1, 0.15) is 5.56 Å². The summed E-state index contributed by atoms with van der Waals surface area (Å²) >= 11 is 3.27. The number of carbonyl (C=O) groups is 1. The molecule has 0 saturated heterocycles. The lowest BCUT2D eigenvalue weighted by Gasteiger charge is -2.06. The van der Waals surface area contributed by atoms with Crippen LogP contribution in [-0.2, 0) is 14.1 Å². The molecule has 0 unspecified atom stereocenters. The number of carbonyl (C=O) groups excluding carboxylic acids is 1. The fraction of sp³-hybridized carbons (Fsp3) is 0.154.